The van der Waals surface area contributed by atoms with E-state index >= 15 is 0 Å². The molecule has 0 fully saturated rings. The summed E-state index contributed by atoms with van der Waals surface area (Å²) in [5, 5.41) is 2.80. The lowest BCUT2D eigenvalue weighted by molar-refractivity contribution is -0.150. The highest BCUT2D eigenvalue weighted by molar-refractivity contribution is 6.04. The predicted molar refractivity (Wildman–Crippen MR) is 98.7 cm³/mol. The lowest BCUT2D eigenvalue weighted by Crippen LogP contribution is -2.20. The SMILES string of the molecule is CC[C@@H](C)OC(=O)COc1ccc(C(=O)Nc2ccc(OC)cc2)cc1. The van der Waals surface area contributed by atoms with E-state index in [9.17, 15) is 9.59 Å². The molecule has 0 heterocycles. The van der Waals surface area contributed by atoms with Crippen LogP contribution in [0.5, 0.6) is 11.5 Å². The van der Waals surface area contributed by atoms with Crippen LogP contribution < -0.4 is 14.8 Å². The first kappa shape index (κ1) is 19.3. The molecule has 2 aromatic rings. The quantitative estimate of drug-likeness (QED) is 0.730. The molecule has 2 rings (SSSR count). The number of carbonyl (C=O) groups excluding carboxylic acids is 2. The van der Waals surface area contributed by atoms with E-state index in [4.69, 9.17) is 14.2 Å². The molecule has 6 heteroatoms. The zero-order chi connectivity index (χ0) is 18.9. The van der Waals surface area contributed by atoms with Crippen LogP contribution >= 0.6 is 0 Å². The topological polar surface area (TPSA) is 73.9 Å². The van der Waals surface area contributed by atoms with Crippen molar-refractivity contribution in [3.8, 4) is 11.5 Å². The van der Waals surface area contributed by atoms with Gasteiger partial charge < -0.3 is 19.5 Å². The minimum atomic E-state index is -0.416. The zero-order valence-corrected chi connectivity index (χ0v) is 15.2. The van der Waals surface area contributed by atoms with Crippen molar-refractivity contribution in [3.05, 3.63) is 54.1 Å². The molecule has 0 bridgehead atoms. The fraction of sp³-hybridized carbons (Fsp3) is 0.300. The van der Waals surface area contributed by atoms with Gasteiger partial charge in [0.1, 0.15) is 11.5 Å². The van der Waals surface area contributed by atoms with Crippen molar-refractivity contribution in [1.82, 2.24) is 0 Å². The Morgan fingerprint density at radius 2 is 1.62 bits per heavy atom. The molecular weight excluding hydrogens is 334 g/mol. The van der Waals surface area contributed by atoms with Crippen molar-refractivity contribution >= 4 is 17.6 Å². The van der Waals surface area contributed by atoms with Crippen LogP contribution in [0.15, 0.2) is 48.5 Å². The van der Waals surface area contributed by atoms with Gasteiger partial charge in [-0.25, -0.2) is 4.79 Å². The van der Waals surface area contributed by atoms with Gasteiger partial charge in [-0.3, -0.25) is 4.79 Å². The second-order valence-corrected chi connectivity index (χ2v) is 5.70. The number of methoxy groups -OCH3 is 1. The number of rotatable bonds is 8. The zero-order valence-electron chi connectivity index (χ0n) is 15.2. The molecular formula is C20H23NO5. The molecule has 0 radical (unpaired) electrons. The Morgan fingerprint density at radius 3 is 2.19 bits per heavy atom. The molecule has 0 saturated carbocycles. The largest absolute Gasteiger partial charge is 0.497 e. The average Bonchev–Trinajstić information content (AvgIpc) is 2.67. The summed E-state index contributed by atoms with van der Waals surface area (Å²) in [7, 11) is 1.58. The van der Waals surface area contributed by atoms with Crippen LogP contribution in [0.2, 0.25) is 0 Å². The molecule has 26 heavy (non-hydrogen) atoms. The second kappa shape index (κ2) is 9.46. The summed E-state index contributed by atoms with van der Waals surface area (Å²) >= 11 is 0. The Balaban J connectivity index is 1.87. The number of carbonyl (C=O) groups is 2. The number of hydrogen-bond donors (Lipinski definition) is 1. The number of hydrogen-bond acceptors (Lipinski definition) is 5. The predicted octanol–water partition coefficient (Wildman–Crippen LogP) is 3.67. The number of amides is 1. The monoisotopic (exact) mass is 357 g/mol. The molecule has 2 aromatic carbocycles. The van der Waals surface area contributed by atoms with Crippen LogP contribution in [0, 0.1) is 0 Å². The number of anilines is 1. The third kappa shape index (κ3) is 5.81. The molecule has 6 nitrogen and oxygen atoms in total. The Bertz CT molecular complexity index is 725. The summed E-state index contributed by atoms with van der Waals surface area (Å²) in [5.41, 5.74) is 1.15. The average molecular weight is 357 g/mol. The summed E-state index contributed by atoms with van der Waals surface area (Å²) in [4.78, 5) is 23.8. The minimum Gasteiger partial charge on any atom is -0.497 e. The van der Waals surface area contributed by atoms with E-state index in [1.165, 1.54) is 0 Å². The molecule has 0 unspecified atom stereocenters. The Labute approximate surface area is 153 Å². The minimum absolute atomic E-state index is 0.130. The van der Waals surface area contributed by atoms with E-state index < -0.39 is 5.97 Å². The molecule has 0 aliphatic carbocycles. The van der Waals surface area contributed by atoms with Crippen molar-refractivity contribution in [2.45, 2.75) is 26.4 Å². The molecule has 138 valence electrons. The highest BCUT2D eigenvalue weighted by atomic mass is 16.6. The Morgan fingerprint density at radius 1 is 1.00 bits per heavy atom. The fourth-order valence-electron chi connectivity index (χ4n) is 2.06. The molecule has 0 aliphatic rings. The molecule has 1 amide bonds. The van der Waals surface area contributed by atoms with E-state index in [2.05, 4.69) is 5.32 Å². The highest BCUT2D eigenvalue weighted by Crippen LogP contribution is 2.17. The van der Waals surface area contributed by atoms with Crippen LogP contribution in [0.4, 0.5) is 5.69 Å². The van der Waals surface area contributed by atoms with Gasteiger partial charge in [0.2, 0.25) is 0 Å². The third-order valence-corrected chi connectivity index (χ3v) is 3.73. The van der Waals surface area contributed by atoms with Gasteiger partial charge in [0.25, 0.3) is 5.91 Å². The first-order chi connectivity index (χ1) is 12.5. The van der Waals surface area contributed by atoms with E-state index in [1.807, 2.05) is 13.8 Å². The summed E-state index contributed by atoms with van der Waals surface area (Å²) in [6.45, 7) is 3.60. The normalized spacial score (nSPS) is 11.3. The molecule has 0 saturated heterocycles. The van der Waals surface area contributed by atoms with Crippen molar-refractivity contribution in [2.75, 3.05) is 19.0 Å². The summed E-state index contributed by atoms with van der Waals surface area (Å²) in [5.74, 6) is 0.557. The first-order valence-corrected chi connectivity index (χ1v) is 8.39. The maximum Gasteiger partial charge on any atom is 0.344 e. The van der Waals surface area contributed by atoms with E-state index in [1.54, 1.807) is 55.6 Å². The van der Waals surface area contributed by atoms with Crippen LogP contribution in [0.1, 0.15) is 30.6 Å². The van der Waals surface area contributed by atoms with Gasteiger partial charge in [-0.05, 0) is 61.9 Å². The number of benzene rings is 2. The smallest absolute Gasteiger partial charge is 0.344 e. The van der Waals surface area contributed by atoms with Crippen LogP contribution in [0.25, 0.3) is 0 Å². The van der Waals surface area contributed by atoms with Gasteiger partial charge >= 0.3 is 5.97 Å². The van der Waals surface area contributed by atoms with Crippen molar-refractivity contribution in [2.24, 2.45) is 0 Å². The molecule has 0 aromatic heterocycles. The number of ether oxygens (including phenoxy) is 3. The van der Waals surface area contributed by atoms with Crippen LogP contribution in [0.3, 0.4) is 0 Å². The summed E-state index contributed by atoms with van der Waals surface area (Å²) in [6, 6.07) is 13.6. The van der Waals surface area contributed by atoms with Gasteiger partial charge in [0.15, 0.2) is 6.61 Å². The molecule has 0 aliphatic heterocycles. The standard InChI is InChI=1S/C20H23NO5/c1-4-14(2)26-19(22)13-25-18-9-5-15(6-10-18)20(23)21-16-7-11-17(24-3)12-8-16/h5-12,14H,4,13H2,1-3H3,(H,21,23)/t14-/m1/s1. The fourth-order valence-corrected chi connectivity index (χ4v) is 2.06. The van der Waals surface area contributed by atoms with Gasteiger partial charge in [-0.2, -0.15) is 0 Å². The van der Waals surface area contributed by atoms with Crippen molar-refractivity contribution < 1.29 is 23.8 Å². The van der Waals surface area contributed by atoms with Crippen molar-refractivity contribution in [1.29, 1.82) is 0 Å². The highest BCUT2D eigenvalue weighted by Gasteiger charge is 2.10. The number of esters is 1. The second-order valence-electron chi connectivity index (χ2n) is 5.70. The van der Waals surface area contributed by atoms with Crippen LogP contribution in [-0.2, 0) is 9.53 Å². The molecule has 1 N–H and O–H groups in total. The van der Waals surface area contributed by atoms with E-state index in [0.29, 0.717) is 17.0 Å². The van der Waals surface area contributed by atoms with Crippen LogP contribution in [-0.4, -0.2) is 31.7 Å². The Hall–Kier alpha value is -3.02. The van der Waals surface area contributed by atoms with Gasteiger partial charge in [0, 0.05) is 11.3 Å². The van der Waals surface area contributed by atoms with Gasteiger partial charge in [0.05, 0.1) is 13.2 Å². The van der Waals surface area contributed by atoms with E-state index in [-0.39, 0.29) is 18.6 Å². The lowest BCUT2D eigenvalue weighted by Gasteiger charge is -2.11. The third-order valence-electron chi connectivity index (χ3n) is 3.73. The summed E-state index contributed by atoms with van der Waals surface area (Å²) in [6.07, 6.45) is 0.624. The van der Waals surface area contributed by atoms with Gasteiger partial charge in [-0.1, -0.05) is 6.92 Å². The molecule has 1 atom stereocenters. The first-order valence-electron chi connectivity index (χ1n) is 8.39. The number of nitrogens with one attached hydrogen (secondary N) is 1. The maximum atomic E-state index is 12.2. The Kier molecular flexibility index (Phi) is 7.02. The van der Waals surface area contributed by atoms with Crippen molar-refractivity contribution in [3.63, 3.8) is 0 Å². The molecule has 0 spiro atoms. The lowest BCUT2D eigenvalue weighted by atomic mass is 10.2. The van der Waals surface area contributed by atoms with E-state index in [0.717, 1.165) is 12.2 Å². The maximum absolute atomic E-state index is 12.2. The summed E-state index contributed by atoms with van der Waals surface area (Å²) < 4.78 is 15.6. The van der Waals surface area contributed by atoms with Gasteiger partial charge in [-0.15, -0.1) is 0 Å².